The molecule has 1 rings (SSSR count). The van der Waals surface area contributed by atoms with Crippen molar-refractivity contribution in [3.8, 4) is 0 Å². The Hall–Kier alpha value is -0.0800. The lowest BCUT2D eigenvalue weighted by Gasteiger charge is -2.27. The van der Waals surface area contributed by atoms with E-state index in [1.54, 1.807) is 0 Å². The highest BCUT2D eigenvalue weighted by Gasteiger charge is 2.09. The Balaban J connectivity index is 1.96. The van der Waals surface area contributed by atoms with Gasteiger partial charge in [0.2, 0.25) is 0 Å². The molecule has 1 aliphatic heterocycles. The number of rotatable bonds is 6. The Morgan fingerprint density at radius 1 is 1.21 bits per heavy atom. The largest absolute Gasteiger partial charge is 0.313 e. The van der Waals surface area contributed by atoms with Gasteiger partial charge in [0, 0.05) is 19.1 Å². The molecule has 0 radical (unpaired) electrons. The van der Waals surface area contributed by atoms with E-state index in [1.165, 1.54) is 58.3 Å². The molecule has 0 aliphatic carbocycles. The first kappa shape index (κ1) is 12.0. The summed E-state index contributed by atoms with van der Waals surface area (Å²) in [5.41, 5.74) is 0. The van der Waals surface area contributed by atoms with Crippen LogP contribution in [0.1, 0.15) is 46.0 Å². The van der Waals surface area contributed by atoms with Crippen molar-refractivity contribution in [1.29, 1.82) is 0 Å². The van der Waals surface area contributed by atoms with Gasteiger partial charge < -0.3 is 10.2 Å². The summed E-state index contributed by atoms with van der Waals surface area (Å²) in [6.07, 6.45) is 6.85. The van der Waals surface area contributed by atoms with Gasteiger partial charge in [-0.05, 0) is 39.3 Å². The minimum absolute atomic E-state index is 0.699. The summed E-state index contributed by atoms with van der Waals surface area (Å²) in [6.45, 7) is 9.60. The second-order valence-electron chi connectivity index (χ2n) is 4.55. The van der Waals surface area contributed by atoms with Crippen molar-refractivity contribution in [2.75, 3.05) is 26.2 Å². The highest BCUT2D eigenvalue weighted by Crippen LogP contribution is 2.07. The van der Waals surface area contributed by atoms with E-state index in [-0.39, 0.29) is 0 Å². The molecule has 1 fully saturated rings. The van der Waals surface area contributed by atoms with Gasteiger partial charge in [-0.1, -0.05) is 19.8 Å². The molecule has 0 unspecified atom stereocenters. The van der Waals surface area contributed by atoms with E-state index in [9.17, 15) is 0 Å². The summed E-state index contributed by atoms with van der Waals surface area (Å²) in [6, 6.07) is 0.699. The summed E-state index contributed by atoms with van der Waals surface area (Å²) in [4.78, 5) is 2.59. The van der Waals surface area contributed by atoms with Gasteiger partial charge in [-0.25, -0.2) is 0 Å². The molecule has 0 bridgehead atoms. The third kappa shape index (κ3) is 4.97. The van der Waals surface area contributed by atoms with Crippen LogP contribution in [-0.2, 0) is 0 Å². The van der Waals surface area contributed by atoms with Crippen LogP contribution in [0, 0.1) is 0 Å². The number of nitrogens with one attached hydrogen (secondary N) is 1. The van der Waals surface area contributed by atoms with Crippen molar-refractivity contribution in [2.24, 2.45) is 0 Å². The predicted molar refractivity (Wildman–Crippen MR) is 62.7 cm³/mol. The lowest BCUT2D eigenvalue weighted by molar-refractivity contribution is 0.226. The van der Waals surface area contributed by atoms with Gasteiger partial charge in [-0.2, -0.15) is 0 Å². The lowest BCUT2D eigenvalue weighted by Crippen LogP contribution is -2.38. The molecule has 0 aromatic carbocycles. The second kappa shape index (κ2) is 7.24. The van der Waals surface area contributed by atoms with Crippen LogP contribution >= 0.6 is 0 Å². The zero-order valence-corrected chi connectivity index (χ0v) is 9.89. The summed E-state index contributed by atoms with van der Waals surface area (Å²) in [5.74, 6) is 0. The first-order valence-corrected chi connectivity index (χ1v) is 6.28. The molecule has 1 atom stereocenters. The van der Waals surface area contributed by atoms with Crippen LogP contribution in [0.5, 0.6) is 0 Å². The third-order valence-corrected chi connectivity index (χ3v) is 3.09. The maximum absolute atomic E-state index is 3.59. The molecule has 0 aromatic rings. The van der Waals surface area contributed by atoms with Crippen molar-refractivity contribution < 1.29 is 0 Å². The minimum Gasteiger partial charge on any atom is -0.313 e. The molecule has 2 nitrogen and oxygen atoms in total. The fraction of sp³-hybridized carbons (Fsp3) is 1.00. The van der Waals surface area contributed by atoms with E-state index in [0.29, 0.717) is 6.04 Å². The number of likely N-dealkylation sites (tertiary alicyclic amines) is 1. The Morgan fingerprint density at radius 2 is 1.93 bits per heavy atom. The molecule has 0 saturated carbocycles. The lowest BCUT2D eigenvalue weighted by atomic mass is 10.1. The highest BCUT2D eigenvalue weighted by atomic mass is 15.1. The van der Waals surface area contributed by atoms with Crippen molar-refractivity contribution in [3.05, 3.63) is 0 Å². The normalized spacial score (nSPS) is 21.0. The van der Waals surface area contributed by atoms with Gasteiger partial charge in [-0.3, -0.25) is 0 Å². The van der Waals surface area contributed by atoms with Gasteiger partial charge in [0.1, 0.15) is 0 Å². The molecule has 1 N–H and O–H groups in total. The fourth-order valence-corrected chi connectivity index (χ4v) is 2.19. The molecule has 1 heterocycles. The van der Waals surface area contributed by atoms with E-state index in [2.05, 4.69) is 24.1 Å². The monoisotopic (exact) mass is 198 g/mol. The Labute approximate surface area is 89.1 Å². The molecule has 84 valence electrons. The smallest absolute Gasteiger partial charge is 0.0107 e. The maximum atomic E-state index is 3.59. The average molecular weight is 198 g/mol. The van der Waals surface area contributed by atoms with E-state index >= 15 is 0 Å². The van der Waals surface area contributed by atoms with Crippen LogP contribution in [0.2, 0.25) is 0 Å². The summed E-state index contributed by atoms with van der Waals surface area (Å²) in [5, 5.41) is 3.59. The van der Waals surface area contributed by atoms with Crippen molar-refractivity contribution in [2.45, 2.75) is 52.0 Å². The Kier molecular flexibility index (Phi) is 6.20. The van der Waals surface area contributed by atoms with E-state index < -0.39 is 0 Å². The van der Waals surface area contributed by atoms with Crippen LogP contribution in [0.4, 0.5) is 0 Å². The van der Waals surface area contributed by atoms with Gasteiger partial charge in [0.05, 0.1) is 0 Å². The summed E-state index contributed by atoms with van der Waals surface area (Å²) < 4.78 is 0. The molecule has 0 amide bonds. The van der Waals surface area contributed by atoms with Crippen molar-refractivity contribution >= 4 is 0 Å². The first-order chi connectivity index (χ1) is 6.83. The second-order valence-corrected chi connectivity index (χ2v) is 4.55. The molecule has 1 saturated heterocycles. The van der Waals surface area contributed by atoms with E-state index in [4.69, 9.17) is 0 Å². The van der Waals surface area contributed by atoms with Crippen molar-refractivity contribution in [3.63, 3.8) is 0 Å². The number of piperidine rings is 1. The van der Waals surface area contributed by atoms with E-state index in [0.717, 1.165) is 0 Å². The standard InChI is InChI=1S/C12H26N2/c1-3-7-12(2)13-8-11-14-9-5-4-6-10-14/h12-13H,3-11H2,1-2H3/t12-/m1/s1. The predicted octanol–water partition coefficient (Wildman–Crippen LogP) is 2.25. The molecule has 0 aromatic heterocycles. The SMILES string of the molecule is CCC[C@@H](C)NCCN1CCCCC1. The van der Waals surface area contributed by atoms with Crippen molar-refractivity contribution in [1.82, 2.24) is 10.2 Å². The van der Waals surface area contributed by atoms with Gasteiger partial charge in [-0.15, -0.1) is 0 Å². The van der Waals surface area contributed by atoms with E-state index in [1.807, 2.05) is 0 Å². The molecule has 1 aliphatic rings. The fourth-order valence-electron chi connectivity index (χ4n) is 2.19. The summed E-state index contributed by atoms with van der Waals surface area (Å²) in [7, 11) is 0. The topological polar surface area (TPSA) is 15.3 Å². The quantitative estimate of drug-likeness (QED) is 0.704. The Morgan fingerprint density at radius 3 is 2.57 bits per heavy atom. The molecule has 0 spiro atoms. The van der Waals surface area contributed by atoms with Gasteiger partial charge in [0.15, 0.2) is 0 Å². The molecular weight excluding hydrogens is 172 g/mol. The summed E-state index contributed by atoms with van der Waals surface area (Å²) >= 11 is 0. The Bertz CT molecular complexity index is 130. The minimum atomic E-state index is 0.699. The van der Waals surface area contributed by atoms with Crippen LogP contribution in [0.15, 0.2) is 0 Å². The third-order valence-electron chi connectivity index (χ3n) is 3.09. The first-order valence-electron chi connectivity index (χ1n) is 6.28. The number of hydrogen-bond donors (Lipinski definition) is 1. The van der Waals surface area contributed by atoms with Gasteiger partial charge >= 0.3 is 0 Å². The zero-order valence-electron chi connectivity index (χ0n) is 9.89. The molecular formula is C12H26N2. The number of hydrogen-bond acceptors (Lipinski definition) is 2. The molecule has 14 heavy (non-hydrogen) atoms. The highest BCUT2D eigenvalue weighted by molar-refractivity contribution is 4.67. The van der Waals surface area contributed by atoms with Crippen LogP contribution in [0.25, 0.3) is 0 Å². The van der Waals surface area contributed by atoms with Crippen LogP contribution < -0.4 is 5.32 Å². The van der Waals surface area contributed by atoms with Crippen LogP contribution in [0.3, 0.4) is 0 Å². The van der Waals surface area contributed by atoms with Gasteiger partial charge in [0.25, 0.3) is 0 Å². The molecule has 2 heteroatoms. The zero-order chi connectivity index (χ0) is 10.2. The average Bonchev–Trinajstić information content (AvgIpc) is 2.20. The number of nitrogens with zero attached hydrogens (tertiary/aromatic N) is 1. The van der Waals surface area contributed by atoms with Crippen LogP contribution in [-0.4, -0.2) is 37.1 Å². The maximum Gasteiger partial charge on any atom is 0.0107 e.